The van der Waals surface area contributed by atoms with Gasteiger partial charge in [0.25, 0.3) is 5.69 Å². The Morgan fingerprint density at radius 1 is 1.00 bits per heavy atom. The van der Waals surface area contributed by atoms with E-state index in [1.807, 2.05) is 0 Å². The molecule has 1 aromatic rings. The number of carbonyl (C=O) groups is 1. The van der Waals surface area contributed by atoms with E-state index in [2.05, 4.69) is 0 Å². The first-order valence-corrected chi connectivity index (χ1v) is 9.96. The molecule has 1 rings (SSSR count). The number of hydrogen-bond acceptors (Lipinski definition) is 5. The fraction of sp³-hybridized carbons (Fsp3) is 0.611. The van der Waals surface area contributed by atoms with Gasteiger partial charge < -0.3 is 9.16 Å². The number of nitro groups is 1. The predicted molar refractivity (Wildman–Crippen MR) is 97.9 cm³/mol. The van der Waals surface area contributed by atoms with E-state index in [4.69, 9.17) is 9.16 Å². The van der Waals surface area contributed by atoms with Crippen molar-refractivity contribution in [3.8, 4) is 5.75 Å². The van der Waals surface area contributed by atoms with Gasteiger partial charge in [-0.25, -0.2) is 0 Å². The summed E-state index contributed by atoms with van der Waals surface area (Å²) < 4.78 is 10.2. The summed E-state index contributed by atoms with van der Waals surface area (Å²) in [4.78, 5) is 21.8. The zero-order valence-electron chi connectivity index (χ0n) is 14.9. The van der Waals surface area contributed by atoms with Crippen molar-refractivity contribution in [1.29, 1.82) is 0 Å². The SMILES string of the molecule is CO[Si]CCCCCCCCCCC(=O)Oc1ccc([N+](=O)[O-])cc1. The van der Waals surface area contributed by atoms with Gasteiger partial charge >= 0.3 is 5.97 Å². The Balaban J connectivity index is 1.99. The highest BCUT2D eigenvalue weighted by Gasteiger charge is 2.08. The quantitative estimate of drug-likeness (QED) is 0.119. The van der Waals surface area contributed by atoms with Crippen LogP contribution in [0.15, 0.2) is 24.3 Å². The molecule has 0 spiro atoms. The van der Waals surface area contributed by atoms with Crippen LogP contribution in [0.25, 0.3) is 0 Å². The predicted octanol–water partition coefficient (Wildman–Crippen LogP) is 4.70. The zero-order valence-corrected chi connectivity index (χ0v) is 15.9. The van der Waals surface area contributed by atoms with Gasteiger partial charge in [0.2, 0.25) is 9.76 Å². The van der Waals surface area contributed by atoms with Crippen molar-refractivity contribution in [2.24, 2.45) is 0 Å². The molecule has 7 heteroatoms. The van der Waals surface area contributed by atoms with Crippen molar-refractivity contribution < 1.29 is 18.9 Å². The summed E-state index contributed by atoms with van der Waals surface area (Å²) in [6.07, 6.45) is 9.64. The molecule has 0 aromatic heterocycles. The molecule has 0 atom stereocenters. The van der Waals surface area contributed by atoms with E-state index in [1.54, 1.807) is 7.11 Å². The van der Waals surface area contributed by atoms with Gasteiger partial charge in [-0.15, -0.1) is 0 Å². The number of ether oxygens (including phenoxy) is 1. The van der Waals surface area contributed by atoms with Crippen LogP contribution in [0.1, 0.15) is 57.8 Å². The summed E-state index contributed by atoms with van der Waals surface area (Å²) in [6, 6.07) is 6.73. The molecule has 0 aliphatic carbocycles. The number of non-ortho nitro benzene ring substituents is 1. The van der Waals surface area contributed by atoms with Crippen LogP contribution in [0.5, 0.6) is 5.75 Å². The first-order valence-electron chi connectivity index (χ1n) is 8.84. The number of carbonyl (C=O) groups excluding carboxylic acids is 1. The van der Waals surface area contributed by atoms with E-state index in [9.17, 15) is 14.9 Å². The standard InChI is InChI=1S/C18H27NO5Si/c1-23-25-15-9-7-5-3-2-4-6-8-10-18(20)24-17-13-11-16(12-14-17)19(21)22/h11-14H,2-10,15H2,1H3. The van der Waals surface area contributed by atoms with Gasteiger partial charge in [-0.3, -0.25) is 14.9 Å². The third kappa shape index (κ3) is 10.7. The Labute approximate surface area is 152 Å². The molecular formula is C18H27NO5Si. The van der Waals surface area contributed by atoms with Gasteiger partial charge in [-0.2, -0.15) is 0 Å². The molecule has 0 unspecified atom stereocenters. The van der Waals surface area contributed by atoms with Gasteiger partial charge in [0, 0.05) is 25.7 Å². The molecule has 0 bridgehead atoms. The molecule has 0 aliphatic heterocycles. The molecular weight excluding hydrogens is 338 g/mol. The molecule has 138 valence electrons. The van der Waals surface area contributed by atoms with Crippen LogP contribution in [-0.2, 0) is 9.22 Å². The van der Waals surface area contributed by atoms with Crippen molar-refractivity contribution in [3.05, 3.63) is 34.4 Å². The molecule has 0 N–H and O–H groups in total. The maximum absolute atomic E-state index is 11.7. The van der Waals surface area contributed by atoms with E-state index < -0.39 is 4.92 Å². The maximum atomic E-state index is 11.7. The second-order valence-corrected chi connectivity index (χ2v) is 7.10. The molecule has 6 nitrogen and oxygen atoms in total. The summed E-state index contributed by atoms with van der Waals surface area (Å²) in [5, 5.41) is 10.6. The number of unbranched alkanes of at least 4 members (excludes halogenated alkanes) is 7. The summed E-state index contributed by atoms with van der Waals surface area (Å²) >= 11 is 0. The molecule has 25 heavy (non-hydrogen) atoms. The van der Waals surface area contributed by atoms with Crippen LogP contribution in [-0.4, -0.2) is 27.8 Å². The van der Waals surface area contributed by atoms with Crippen molar-refractivity contribution in [3.63, 3.8) is 0 Å². The minimum atomic E-state index is -0.481. The molecule has 0 amide bonds. The number of hydrogen-bond donors (Lipinski definition) is 0. The number of nitrogens with zero attached hydrogens (tertiary/aromatic N) is 1. The Morgan fingerprint density at radius 3 is 2.12 bits per heavy atom. The smallest absolute Gasteiger partial charge is 0.311 e. The lowest BCUT2D eigenvalue weighted by Crippen LogP contribution is -2.07. The van der Waals surface area contributed by atoms with E-state index in [-0.39, 0.29) is 11.7 Å². The van der Waals surface area contributed by atoms with Gasteiger partial charge in [0.05, 0.1) is 4.92 Å². The summed E-state index contributed by atoms with van der Waals surface area (Å²) in [7, 11) is 2.39. The van der Waals surface area contributed by atoms with Crippen LogP contribution in [0.4, 0.5) is 5.69 Å². The minimum absolute atomic E-state index is 0.0149. The average Bonchev–Trinajstić information content (AvgIpc) is 2.60. The average molecular weight is 366 g/mol. The lowest BCUT2D eigenvalue weighted by atomic mass is 10.1. The van der Waals surface area contributed by atoms with Crippen LogP contribution in [0.3, 0.4) is 0 Å². The Kier molecular flexibility index (Phi) is 11.5. The number of benzene rings is 1. The highest BCUT2D eigenvalue weighted by Crippen LogP contribution is 2.18. The van der Waals surface area contributed by atoms with Crippen molar-refractivity contribution in [2.75, 3.05) is 7.11 Å². The first-order chi connectivity index (χ1) is 12.1. The van der Waals surface area contributed by atoms with Crippen molar-refractivity contribution in [2.45, 2.75) is 63.8 Å². The van der Waals surface area contributed by atoms with Crippen LogP contribution in [0, 0.1) is 10.1 Å². The summed E-state index contributed by atoms with van der Waals surface area (Å²) in [5.41, 5.74) is -0.0149. The normalized spacial score (nSPS) is 10.6. The van der Waals surface area contributed by atoms with Gasteiger partial charge in [-0.05, 0) is 24.6 Å². The van der Waals surface area contributed by atoms with Gasteiger partial charge in [0.15, 0.2) is 0 Å². The second kappa shape index (κ2) is 13.5. The third-order valence-electron chi connectivity index (χ3n) is 3.83. The van der Waals surface area contributed by atoms with Crippen molar-refractivity contribution in [1.82, 2.24) is 0 Å². The highest BCUT2D eigenvalue weighted by atomic mass is 28.2. The van der Waals surface area contributed by atoms with E-state index in [0.29, 0.717) is 21.9 Å². The molecule has 0 heterocycles. The van der Waals surface area contributed by atoms with Crippen molar-refractivity contribution >= 4 is 21.4 Å². The van der Waals surface area contributed by atoms with E-state index in [0.717, 1.165) is 19.3 Å². The highest BCUT2D eigenvalue weighted by molar-refractivity contribution is 6.26. The number of rotatable bonds is 14. The van der Waals surface area contributed by atoms with E-state index >= 15 is 0 Å². The third-order valence-corrected chi connectivity index (χ3v) is 4.68. The Morgan fingerprint density at radius 2 is 1.56 bits per heavy atom. The molecule has 2 radical (unpaired) electrons. The molecule has 0 aliphatic rings. The topological polar surface area (TPSA) is 78.7 Å². The van der Waals surface area contributed by atoms with Crippen LogP contribution in [0.2, 0.25) is 6.04 Å². The lowest BCUT2D eigenvalue weighted by molar-refractivity contribution is -0.384. The maximum Gasteiger partial charge on any atom is 0.311 e. The van der Waals surface area contributed by atoms with Gasteiger partial charge in [-0.1, -0.05) is 44.9 Å². The number of nitro benzene ring substituents is 1. The molecule has 0 saturated carbocycles. The van der Waals surface area contributed by atoms with E-state index in [1.165, 1.54) is 62.4 Å². The fourth-order valence-corrected chi connectivity index (χ4v) is 3.05. The lowest BCUT2D eigenvalue weighted by Gasteiger charge is -2.04. The molecule has 0 fully saturated rings. The molecule has 0 saturated heterocycles. The fourth-order valence-electron chi connectivity index (χ4n) is 2.45. The van der Waals surface area contributed by atoms with Crippen LogP contribution < -0.4 is 4.74 Å². The first kappa shape index (κ1) is 21.3. The number of esters is 1. The second-order valence-electron chi connectivity index (χ2n) is 5.90. The zero-order chi connectivity index (χ0) is 18.3. The summed E-state index contributed by atoms with van der Waals surface area (Å²) in [5.74, 6) is 0.0671. The summed E-state index contributed by atoms with van der Waals surface area (Å²) in [6.45, 7) is 0. The van der Waals surface area contributed by atoms with Crippen LogP contribution >= 0.6 is 0 Å². The van der Waals surface area contributed by atoms with Gasteiger partial charge in [0.1, 0.15) is 5.75 Å². The molecule has 1 aromatic carbocycles. The Bertz CT molecular complexity index is 507. The minimum Gasteiger partial charge on any atom is -0.427 e. The Hall–Kier alpha value is -1.73. The monoisotopic (exact) mass is 365 g/mol. The largest absolute Gasteiger partial charge is 0.427 e.